The molecule has 4 aliphatic rings. The Morgan fingerprint density at radius 1 is 1.12 bits per heavy atom. The molecule has 4 heterocycles. The average molecular weight is 671 g/mol. The number of amides is 2. The van der Waals surface area contributed by atoms with Crippen LogP contribution in [0.1, 0.15) is 48.8 Å². The summed E-state index contributed by atoms with van der Waals surface area (Å²) in [5.41, 5.74) is 17.3. The Bertz CT molecular complexity index is 1790. The second-order valence-electron chi connectivity index (χ2n) is 13.6. The number of carbonyl (C=O) groups is 2. The molecule has 0 radical (unpaired) electrons. The van der Waals surface area contributed by atoms with Crippen molar-refractivity contribution in [2.24, 2.45) is 27.1 Å². The van der Waals surface area contributed by atoms with E-state index in [0.717, 1.165) is 36.1 Å². The Balaban J connectivity index is 1.04. The van der Waals surface area contributed by atoms with Gasteiger partial charge in [0, 0.05) is 78.9 Å². The lowest BCUT2D eigenvalue weighted by atomic mass is 9.85. The number of amidine groups is 1. The molecule has 5 N–H and O–H groups in total. The van der Waals surface area contributed by atoms with Gasteiger partial charge in [0.25, 0.3) is 0 Å². The maximum Gasteiger partial charge on any atom is 0.237 e. The summed E-state index contributed by atoms with van der Waals surface area (Å²) < 4.78 is 12.3. The number of nitrogens with two attached hydrogens (primary N) is 2. The van der Waals surface area contributed by atoms with Crippen molar-refractivity contribution in [3.63, 3.8) is 0 Å². The molecule has 3 fully saturated rings. The number of nitrogens with one attached hydrogen (secondary N) is 1. The monoisotopic (exact) mass is 670 g/mol. The van der Waals surface area contributed by atoms with E-state index in [9.17, 15) is 13.8 Å². The summed E-state index contributed by atoms with van der Waals surface area (Å²) in [5.74, 6) is 5.46. The van der Waals surface area contributed by atoms with E-state index in [1.165, 1.54) is 11.9 Å². The first-order valence-corrected chi connectivity index (χ1v) is 18.7. The third-order valence-electron chi connectivity index (χ3n) is 10.5. The van der Waals surface area contributed by atoms with Gasteiger partial charge in [-0.25, -0.2) is 4.99 Å². The molecule has 2 aromatic carbocycles. The summed E-state index contributed by atoms with van der Waals surface area (Å²) in [4.78, 5) is 41.1. The first-order chi connectivity index (χ1) is 23.0. The van der Waals surface area contributed by atoms with Crippen LogP contribution in [-0.4, -0.2) is 107 Å². The van der Waals surface area contributed by atoms with E-state index < -0.39 is 14.9 Å². The molecule has 2 amide bonds. The molecule has 0 bridgehead atoms. The van der Waals surface area contributed by atoms with Crippen molar-refractivity contribution in [2.45, 2.75) is 32.1 Å². The quantitative estimate of drug-likeness (QED) is 0.169. The smallest absolute Gasteiger partial charge is 0.237 e. The Morgan fingerprint density at radius 2 is 1.85 bits per heavy atom. The molecular weight excluding hydrogens is 625 g/mol. The van der Waals surface area contributed by atoms with Crippen molar-refractivity contribution in [3.8, 4) is 0 Å². The van der Waals surface area contributed by atoms with Gasteiger partial charge in [-0.3, -0.25) is 23.7 Å². The molecule has 0 aromatic heterocycles. The van der Waals surface area contributed by atoms with Crippen LogP contribution in [0.4, 0.5) is 11.4 Å². The number of carbonyl (C=O) groups excluding carboxylic acids is 2. The number of benzene rings is 2. The molecule has 1 atom stereocenters. The highest BCUT2D eigenvalue weighted by Crippen LogP contribution is 2.43. The number of hydrogen-bond donors (Lipinski definition) is 3. The topological polar surface area (TPSA) is 162 Å². The molecule has 1 spiro atoms. The lowest BCUT2D eigenvalue weighted by Crippen LogP contribution is -2.43. The van der Waals surface area contributed by atoms with Crippen LogP contribution in [0.3, 0.4) is 0 Å². The first-order valence-electron chi connectivity index (χ1n) is 16.7. The predicted octanol–water partition coefficient (Wildman–Crippen LogP) is 2.87. The van der Waals surface area contributed by atoms with E-state index in [1.54, 1.807) is 13.1 Å². The van der Waals surface area contributed by atoms with Gasteiger partial charge in [-0.05, 0) is 83.4 Å². The molecule has 12 heteroatoms. The highest BCUT2D eigenvalue weighted by Gasteiger charge is 2.51. The van der Waals surface area contributed by atoms with Gasteiger partial charge < -0.3 is 26.7 Å². The SMILES string of the molecule is C=S1(=O)CCC(C(=N)c2cc(N3CC[C@]4(CCN(CC(=O)N5CC=C(c6ccc(C(N)=NC=NC)cc6)CC5)C4)C3=O)ccc2N)CC1. The van der Waals surface area contributed by atoms with E-state index in [-0.39, 0.29) is 17.7 Å². The third kappa shape index (κ3) is 6.95. The van der Waals surface area contributed by atoms with Crippen LogP contribution in [0.15, 0.2) is 58.5 Å². The van der Waals surface area contributed by atoms with E-state index in [1.807, 2.05) is 46.2 Å². The number of aliphatic imine (C=N–C) groups is 2. The zero-order valence-corrected chi connectivity index (χ0v) is 28.5. The number of anilines is 2. The van der Waals surface area contributed by atoms with Crippen molar-refractivity contribution in [1.82, 2.24) is 9.80 Å². The third-order valence-corrected chi connectivity index (χ3v) is 12.4. The minimum absolute atomic E-state index is 0.0134. The molecule has 0 saturated carbocycles. The fourth-order valence-corrected chi connectivity index (χ4v) is 9.08. The number of hydrogen-bond acceptors (Lipinski definition) is 7. The minimum Gasteiger partial charge on any atom is -0.398 e. The number of rotatable bonds is 8. The zero-order valence-electron chi connectivity index (χ0n) is 27.7. The van der Waals surface area contributed by atoms with Gasteiger partial charge in [-0.15, -0.1) is 0 Å². The maximum atomic E-state index is 13.9. The molecule has 48 heavy (non-hydrogen) atoms. The lowest BCUT2D eigenvalue weighted by molar-refractivity contribution is -0.132. The Morgan fingerprint density at radius 3 is 2.54 bits per heavy atom. The maximum absolute atomic E-state index is 13.9. The Labute approximate surface area is 283 Å². The van der Waals surface area contributed by atoms with Crippen molar-refractivity contribution >= 4 is 62.0 Å². The van der Waals surface area contributed by atoms with Crippen LogP contribution in [0.5, 0.6) is 0 Å². The summed E-state index contributed by atoms with van der Waals surface area (Å²) in [6.45, 7) is 3.38. The fourth-order valence-electron chi connectivity index (χ4n) is 7.45. The van der Waals surface area contributed by atoms with Gasteiger partial charge in [0.2, 0.25) is 11.8 Å². The molecule has 254 valence electrons. The molecule has 11 nitrogen and oxygen atoms in total. The second-order valence-corrected chi connectivity index (χ2v) is 16.3. The normalized spacial score (nSPS) is 26.9. The molecule has 0 unspecified atom stereocenters. The van der Waals surface area contributed by atoms with Gasteiger partial charge in [0.15, 0.2) is 0 Å². The van der Waals surface area contributed by atoms with Gasteiger partial charge in [0.1, 0.15) is 12.2 Å². The van der Waals surface area contributed by atoms with Gasteiger partial charge in [0.05, 0.1) is 12.0 Å². The highest BCUT2D eigenvalue weighted by atomic mass is 32.2. The minimum atomic E-state index is -2.04. The average Bonchev–Trinajstić information content (AvgIpc) is 3.65. The van der Waals surface area contributed by atoms with Crippen LogP contribution >= 0.6 is 0 Å². The lowest BCUT2D eigenvalue weighted by Gasteiger charge is -2.29. The Kier molecular flexibility index (Phi) is 9.57. The molecule has 3 saturated heterocycles. The van der Waals surface area contributed by atoms with Crippen molar-refractivity contribution in [3.05, 3.63) is 65.2 Å². The zero-order chi connectivity index (χ0) is 34.1. The van der Waals surface area contributed by atoms with Gasteiger partial charge >= 0.3 is 0 Å². The molecule has 2 aromatic rings. The molecule has 0 aliphatic carbocycles. The fraction of sp³-hybridized carbons (Fsp3) is 0.444. The van der Waals surface area contributed by atoms with Gasteiger partial charge in [-0.1, -0.05) is 30.3 Å². The first kappa shape index (κ1) is 33.6. The standard InChI is InChI=1S/C36H46N8O3S/c1-40-24-41-34(39)28-5-3-25(4-6-28)26-9-15-43(16-10-26)32(45)22-42-17-13-36(23-42)14-18-44(35(36)46)29-7-8-31(37)30(21-29)33(38)27-11-19-48(2,47)20-12-27/h3-9,21,24,27,38H,2,10-20,22-23,37H2,1H3,(H2,39,40,41)/t27?,36-,48?/m0/s1. The van der Waals surface area contributed by atoms with Crippen molar-refractivity contribution in [2.75, 3.05) is 68.5 Å². The van der Waals surface area contributed by atoms with E-state index in [2.05, 4.69) is 26.8 Å². The molecule has 4 aliphatic heterocycles. The summed E-state index contributed by atoms with van der Waals surface area (Å²) in [7, 11) is -0.395. The van der Waals surface area contributed by atoms with E-state index >= 15 is 0 Å². The molecular formula is C36H46N8O3S. The van der Waals surface area contributed by atoms with Gasteiger partial charge in [-0.2, -0.15) is 0 Å². The van der Waals surface area contributed by atoms with Crippen molar-refractivity contribution < 1.29 is 13.8 Å². The summed E-state index contributed by atoms with van der Waals surface area (Å²) in [5, 5.41) is 8.89. The number of nitrogens with zero attached hydrogens (tertiary/aromatic N) is 5. The van der Waals surface area contributed by atoms with Crippen LogP contribution in [-0.2, 0) is 19.1 Å². The number of likely N-dealkylation sites (tertiary alicyclic amines) is 1. The van der Waals surface area contributed by atoms with E-state index in [0.29, 0.717) is 86.4 Å². The van der Waals surface area contributed by atoms with Crippen molar-refractivity contribution in [1.29, 1.82) is 5.41 Å². The van der Waals surface area contributed by atoms with Crippen LogP contribution < -0.4 is 16.4 Å². The summed E-state index contributed by atoms with van der Waals surface area (Å²) in [6.07, 6.45) is 7.09. The van der Waals surface area contributed by atoms with Crippen LogP contribution in [0.2, 0.25) is 0 Å². The van der Waals surface area contributed by atoms with Crippen LogP contribution in [0, 0.1) is 16.7 Å². The highest BCUT2D eigenvalue weighted by molar-refractivity contribution is 8.00. The summed E-state index contributed by atoms with van der Waals surface area (Å²) in [6, 6.07) is 13.5. The second kappa shape index (κ2) is 13.7. The largest absolute Gasteiger partial charge is 0.398 e. The van der Waals surface area contributed by atoms with E-state index in [4.69, 9.17) is 16.9 Å². The summed E-state index contributed by atoms with van der Waals surface area (Å²) >= 11 is 0. The molecule has 6 rings (SSSR count). The van der Waals surface area contributed by atoms with Crippen LogP contribution in [0.25, 0.3) is 5.57 Å². The predicted molar refractivity (Wildman–Crippen MR) is 197 cm³/mol. The number of nitrogen functional groups attached to an aromatic ring is 1. The Hall–Kier alpha value is -4.29.